The molecule has 1 unspecified atom stereocenters. The van der Waals surface area contributed by atoms with Crippen molar-refractivity contribution < 1.29 is 5.11 Å². The number of rotatable bonds is 6. The van der Waals surface area contributed by atoms with Gasteiger partial charge in [0.05, 0.1) is 5.60 Å². The monoisotopic (exact) mass is 227 g/mol. The summed E-state index contributed by atoms with van der Waals surface area (Å²) in [5, 5.41) is 15.2. The van der Waals surface area contributed by atoms with Gasteiger partial charge in [0, 0.05) is 10.9 Å². The van der Waals surface area contributed by atoms with E-state index in [4.69, 9.17) is 0 Å². The molecule has 0 bridgehead atoms. The molecular formula is C12H21NOS. The quantitative estimate of drug-likeness (QED) is 0.783. The van der Waals surface area contributed by atoms with E-state index in [0.29, 0.717) is 6.04 Å². The Balaban J connectivity index is 2.36. The number of nitrogens with one attached hydrogen (secondary N) is 1. The largest absolute Gasteiger partial charge is 0.390 e. The van der Waals surface area contributed by atoms with Gasteiger partial charge < -0.3 is 10.4 Å². The fraction of sp³-hybridized carbons (Fsp3) is 0.667. The van der Waals surface area contributed by atoms with Gasteiger partial charge in [-0.15, -0.1) is 11.3 Å². The maximum atomic E-state index is 9.60. The lowest BCUT2D eigenvalue weighted by atomic mass is 10.1. The van der Waals surface area contributed by atoms with Crippen LogP contribution in [0.3, 0.4) is 0 Å². The van der Waals surface area contributed by atoms with Gasteiger partial charge in [0.15, 0.2) is 0 Å². The highest BCUT2D eigenvalue weighted by Gasteiger charge is 2.14. The summed E-state index contributed by atoms with van der Waals surface area (Å²) < 4.78 is 0. The number of hydrogen-bond acceptors (Lipinski definition) is 3. The second-order valence-electron chi connectivity index (χ2n) is 4.49. The molecule has 0 fully saturated rings. The lowest BCUT2D eigenvalue weighted by molar-refractivity contribution is 0.0703. The molecule has 2 nitrogen and oxygen atoms in total. The third kappa shape index (κ3) is 4.78. The van der Waals surface area contributed by atoms with Crippen molar-refractivity contribution in [2.75, 3.05) is 6.54 Å². The Kier molecular flexibility index (Phi) is 4.77. The zero-order chi connectivity index (χ0) is 11.3. The topological polar surface area (TPSA) is 32.3 Å². The van der Waals surface area contributed by atoms with Gasteiger partial charge in [0.2, 0.25) is 0 Å². The number of hydrogen-bond donors (Lipinski definition) is 2. The van der Waals surface area contributed by atoms with Crippen LogP contribution >= 0.6 is 11.3 Å². The molecular weight excluding hydrogens is 206 g/mol. The molecule has 15 heavy (non-hydrogen) atoms. The van der Waals surface area contributed by atoms with E-state index in [1.165, 1.54) is 4.88 Å². The summed E-state index contributed by atoms with van der Waals surface area (Å²) >= 11 is 1.79. The van der Waals surface area contributed by atoms with Crippen molar-refractivity contribution in [2.45, 2.75) is 45.3 Å². The maximum Gasteiger partial charge on any atom is 0.0603 e. The predicted octanol–water partition coefficient (Wildman–Crippen LogP) is 2.95. The van der Waals surface area contributed by atoms with Gasteiger partial charge in [0.25, 0.3) is 0 Å². The fourth-order valence-electron chi connectivity index (χ4n) is 1.49. The van der Waals surface area contributed by atoms with Crippen molar-refractivity contribution in [3.63, 3.8) is 0 Å². The van der Waals surface area contributed by atoms with Gasteiger partial charge in [-0.05, 0) is 44.7 Å². The Morgan fingerprint density at radius 3 is 2.73 bits per heavy atom. The summed E-state index contributed by atoms with van der Waals surface area (Å²) in [4.78, 5) is 1.38. The minimum absolute atomic E-state index is 0.437. The normalized spacial score (nSPS) is 14.1. The average Bonchev–Trinajstić information content (AvgIpc) is 2.63. The first kappa shape index (κ1) is 12.7. The van der Waals surface area contributed by atoms with E-state index in [0.717, 1.165) is 19.4 Å². The van der Waals surface area contributed by atoms with Crippen LogP contribution in [0, 0.1) is 0 Å². The smallest absolute Gasteiger partial charge is 0.0603 e. The van der Waals surface area contributed by atoms with Crippen molar-refractivity contribution in [3.8, 4) is 0 Å². The van der Waals surface area contributed by atoms with Crippen LogP contribution in [0.15, 0.2) is 17.5 Å². The Labute approximate surface area is 96.3 Å². The van der Waals surface area contributed by atoms with Gasteiger partial charge >= 0.3 is 0 Å². The fourth-order valence-corrected chi connectivity index (χ4v) is 2.37. The zero-order valence-electron chi connectivity index (χ0n) is 9.79. The van der Waals surface area contributed by atoms with Crippen molar-refractivity contribution >= 4 is 11.3 Å². The van der Waals surface area contributed by atoms with Crippen LogP contribution < -0.4 is 5.32 Å². The summed E-state index contributed by atoms with van der Waals surface area (Å²) in [6, 6.07) is 4.68. The van der Waals surface area contributed by atoms with Crippen LogP contribution in [0.2, 0.25) is 0 Å². The van der Waals surface area contributed by atoms with E-state index >= 15 is 0 Å². The molecule has 1 aromatic rings. The lowest BCUT2D eigenvalue weighted by Crippen LogP contribution is -2.28. The Bertz CT molecular complexity index is 264. The third-order valence-corrected chi connectivity index (χ3v) is 3.41. The van der Waals surface area contributed by atoms with Crippen LogP contribution in [-0.2, 0) is 0 Å². The highest BCUT2D eigenvalue weighted by Crippen LogP contribution is 2.21. The van der Waals surface area contributed by atoms with Crippen molar-refractivity contribution in [1.29, 1.82) is 0 Å². The van der Waals surface area contributed by atoms with E-state index in [-0.39, 0.29) is 0 Å². The molecule has 86 valence electrons. The Hall–Kier alpha value is -0.380. The Morgan fingerprint density at radius 2 is 2.27 bits per heavy atom. The lowest BCUT2D eigenvalue weighted by Gasteiger charge is -2.20. The predicted molar refractivity (Wildman–Crippen MR) is 66.3 cm³/mol. The summed E-state index contributed by atoms with van der Waals surface area (Å²) in [6.07, 6.45) is 1.88. The Morgan fingerprint density at radius 1 is 1.53 bits per heavy atom. The molecule has 1 heterocycles. The molecule has 1 rings (SSSR count). The summed E-state index contributed by atoms with van der Waals surface area (Å²) in [6.45, 7) is 6.74. The highest BCUT2D eigenvalue weighted by atomic mass is 32.1. The van der Waals surface area contributed by atoms with Crippen LogP contribution in [0.4, 0.5) is 0 Å². The van der Waals surface area contributed by atoms with Gasteiger partial charge in [-0.1, -0.05) is 13.0 Å². The summed E-state index contributed by atoms with van der Waals surface area (Å²) in [5.41, 5.74) is -0.569. The van der Waals surface area contributed by atoms with E-state index in [1.807, 2.05) is 13.8 Å². The van der Waals surface area contributed by atoms with Gasteiger partial charge in [-0.2, -0.15) is 0 Å². The first-order valence-electron chi connectivity index (χ1n) is 5.52. The highest BCUT2D eigenvalue weighted by molar-refractivity contribution is 7.10. The first-order valence-corrected chi connectivity index (χ1v) is 6.40. The molecule has 0 radical (unpaired) electrons. The van der Waals surface area contributed by atoms with E-state index < -0.39 is 5.60 Å². The van der Waals surface area contributed by atoms with E-state index in [9.17, 15) is 5.11 Å². The summed E-state index contributed by atoms with van der Waals surface area (Å²) in [5.74, 6) is 0. The minimum atomic E-state index is -0.569. The summed E-state index contributed by atoms with van der Waals surface area (Å²) in [7, 11) is 0. The molecule has 0 aliphatic carbocycles. The molecule has 1 atom stereocenters. The second kappa shape index (κ2) is 5.64. The number of aliphatic hydroxyl groups is 1. The average molecular weight is 227 g/mol. The standard InChI is InChI=1S/C12H21NOS/c1-4-10(11-6-5-9-15-11)13-8-7-12(2,3)14/h5-6,9-10,13-14H,4,7-8H2,1-3H3. The molecule has 0 saturated heterocycles. The van der Waals surface area contributed by atoms with Gasteiger partial charge in [-0.3, -0.25) is 0 Å². The van der Waals surface area contributed by atoms with E-state index in [2.05, 4.69) is 29.8 Å². The molecule has 3 heteroatoms. The van der Waals surface area contributed by atoms with Crippen LogP contribution in [0.25, 0.3) is 0 Å². The van der Waals surface area contributed by atoms with Crippen molar-refractivity contribution in [3.05, 3.63) is 22.4 Å². The molecule has 2 N–H and O–H groups in total. The molecule has 0 aliphatic rings. The van der Waals surface area contributed by atoms with Gasteiger partial charge in [0.1, 0.15) is 0 Å². The molecule has 0 aromatic carbocycles. The van der Waals surface area contributed by atoms with Crippen molar-refractivity contribution in [1.82, 2.24) is 5.32 Å². The number of thiophene rings is 1. The second-order valence-corrected chi connectivity index (χ2v) is 5.47. The van der Waals surface area contributed by atoms with Crippen LogP contribution in [-0.4, -0.2) is 17.3 Å². The minimum Gasteiger partial charge on any atom is -0.390 e. The molecule has 0 spiro atoms. The third-order valence-electron chi connectivity index (χ3n) is 2.42. The molecule has 1 aromatic heterocycles. The first-order chi connectivity index (χ1) is 7.03. The molecule has 0 saturated carbocycles. The zero-order valence-corrected chi connectivity index (χ0v) is 10.6. The van der Waals surface area contributed by atoms with Crippen LogP contribution in [0.1, 0.15) is 44.5 Å². The maximum absolute atomic E-state index is 9.60. The van der Waals surface area contributed by atoms with E-state index in [1.54, 1.807) is 11.3 Å². The molecule has 0 aliphatic heterocycles. The van der Waals surface area contributed by atoms with Crippen molar-refractivity contribution in [2.24, 2.45) is 0 Å². The van der Waals surface area contributed by atoms with Crippen LogP contribution in [0.5, 0.6) is 0 Å². The molecule has 0 amide bonds. The van der Waals surface area contributed by atoms with Gasteiger partial charge in [-0.25, -0.2) is 0 Å². The SMILES string of the molecule is CCC(NCCC(C)(C)O)c1cccs1.